The molecule has 0 spiro atoms. The second-order valence-electron chi connectivity index (χ2n) is 7.86. The van der Waals surface area contributed by atoms with Crippen molar-refractivity contribution in [2.45, 2.75) is 48.0 Å². The third kappa shape index (κ3) is 4.58. The molecule has 1 aliphatic rings. The molecule has 1 amide bonds. The summed E-state index contributed by atoms with van der Waals surface area (Å²) in [5, 5.41) is 1.50. The van der Waals surface area contributed by atoms with Crippen LogP contribution in [0.15, 0.2) is 58.3 Å². The first-order valence-electron chi connectivity index (χ1n) is 9.05. The average Bonchev–Trinajstić information content (AvgIpc) is 2.92. The van der Waals surface area contributed by atoms with Gasteiger partial charge in [-0.15, -0.1) is 0 Å². The maximum atomic E-state index is 13.2. The van der Waals surface area contributed by atoms with Crippen LogP contribution < -0.4 is 5.32 Å². The van der Waals surface area contributed by atoms with Crippen LogP contribution in [0.1, 0.15) is 37.1 Å². The van der Waals surface area contributed by atoms with Crippen LogP contribution in [-0.2, 0) is 21.1 Å². The van der Waals surface area contributed by atoms with Gasteiger partial charge in [0.25, 0.3) is 0 Å². The number of hydrogen-bond donors (Lipinski definition) is 3. The third-order valence-electron chi connectivity index (χ3n) is 4.48. The van der Waals surface area contributed by atoms with Gasteiger partial charge in [0.2, 0.25) is 0 Å². The molecule has 1 heterocycles. The number of nitrogens with one attached hydrogen (secondary N) is 1. The Morgan fingerprint density at radius 1 is 1.14 bits per heavy atom. The summed E-state index contributed by atoms with van der Waals surface area (Å²) in [6.45, 7) is 5.23. The van der Waals surface area contributed by atoms with Crippen LogP contribution in [0.3, 0.4) is 0 Å². The minimum atomic E-state index is -3.86. The number of hydrogen-bond acceptors (Lipinski definition) is 6. The molecule has 3 N–H and O–H groups in total. The highest BCUT2D eigenvalue weighted by atomic mass is 32.3. The van der Waals surface area contributed by atoms with Crippen LogP contribution in [0.25, 0.3) is 0 Å². The van der Waals surface area contributed by atoms with Gasteiger partial charge >= 0.3 is 6.09 Å². The van der Waals surface area contributed by atoms with Crippen LogP contribution in [0.4, 0.5) is 4.79 Å². The largest absolute Gasteiger partial charge is 0.444 e. The van der Waals surface area contributed by atoms with E-state index in [1.165, 1.54) is 18.2 Å². The maximum absolute atomic E-state index is 13.2. The van der Waals surface area contributed by atoms with Gasteiger partial charge in [0.05, 0.1) is 15.5 Å². The van der Waals surface area contributed by atoms with Crippen molar-refractivity contribution in [3.63, 3.8) is 0 Å². The molecule has 1 aliphatic heterocycles. The Hall–Kier alpha value is -2.07. The Labute approximate surface area is 172 Å². The van der Waals surface area contributed by atoms with Crippen LogP contribution in [0.2, 0.25) is 0 Å². The van der Waals surface area contributed by atoms with Crippen molar-refractivity contribution in [1.29, 1.82) is 0 Å². The zero-order chi connectivity index (χ0) is 21.4. The van der Waals surface area contributed by atoms with Gasteiger partial charge in [0, 0.05) is 12.1 Å². The van der Waals surface area contributed by atoms with Crippen LogP contribution >= 0.6 is 10.6 Å². The summed E-state index contributed by atoms with van der Waals surface area (Å²) < 4.78 is 52.8. The first kappa shape index (κ1) is 21.6. The van der Waals surface area contributed by atoms with E-state index >= 15 is 0 Å². The summed E-state index contributed by atoms with van der Waals surface area (Å²) in [4.78, 5) is 12.3. The minimum Gasteiger partial charge on any atom is -0.444 e. The molecule has 29 heavy (non-hydrogen) atoms. The Kier molecular flexibility index (Phi) is 5.70. The molecule has 0 saturated heterocycles. The lowest BCUT2D eigenvalue weighted by atomic mass is 10.1. The lowest BCUT2D eigenvalue weighted by Gasteiger charge is -2.27. The van der Waals surface area contributed by atoms with Gasteiger partial charge in [-0.1, -0.05) is 30.3 Å². The molecular formula is C20H25NO6S2. The molecule has 0 saturated carbocycles. The zero-order valence-corrected chi connectivity index (χ0v) is 18.1. The lowest BCUT2D eigenvalue weighted by molar-refractivity contribution is 0.0523. The summed E-state index contributed by atoms with van der Waals surface area (Å²) in [5.41, 5.74) is 0.181. The number of carbonyl (C=O) groups is 1. The fourth-order valence-corrected chi connectivity index (χ4v) is 7.78. The monoisotopic (exact) mass is 439 g/mol. The minimum absolute atomic E-state index is 0.00835. The molecule has 0 aliphatic carbocycles. The van der Waals surface area contributed by atoms with Crippen LogP contribution in [-0.4, -0.2) is 35.0 Å². The second-order valence-corrected chi connectivity index (χ2v) is 12.1. The second kappa shape index (κ2) is 7.64. The summed E-state index contributed by atoms with van der Waals surface area (Å²) >= 11 is 0. The number of carbonyl (C=O) groups excluding carboxylic acids is 1. The Bertz CT molecular complexity index is 1010. The molecule has 0 aromatic heterocycles. The third-order valence-corrected chi connectivity index (χ3v) is 8.63. The van der Waals surface area contributed by atoms with Gasteiger partial charge in [-0.2, -0.15) is 10.6 Å². The highest BCUT2D eigenvalue weighted by Gasteiger charge is 2.44. The number of sulfone groups is 1. The molecule has 3 rings (SSSR count). The van der Waals surface area contributed by atoms with Crippen molar-refractivity contribution in [2.75, 3.05) is 5.75 Å². The SMILES string of the molecule is CC(C)(C)OC(=O)NCc1cccc2c1C(S(=O)(=O)c1ccccc1)CS2(O)O. The van der Waals surface area contributed by atoms with E-state index < -0.39 is 37.4 Å². The summed E-state index contributed by atoms with van der Waals surface area (Å²) in [5.74, 6) is -0.303. The van der Waals surface area contributed by atoms with Gasteiger partial charge < -0.3 is 10.1 Å². The van der Waals surface area contributed by atoms with E-state index in [9.17, 15) is 22.3 Å². The van der Waals surface area contributed by atoms with Gasteiger partial charge in [0.1, 0.15) is 10.9 Å². The highest BCUT2D eigenvalue weighted by molar-refractivity contribution is 8.25. The Balaban J connectivity index is 1.98. The molecule has 9 heteroatoms. The number of ether oxygens (including phenoxy) is 1. The van der Waals surface area contributed by atoms with Gasteiger partial charge in [-0.3, -0.25) is 9.11 Å². The lowest BCUT2D eigenvalue weighted by Crippen LogP contribution is -2.32. The van der Waals surface area contributed by atoms with Crippen molar-refractivity contribution in [1.82, 2.24) is 5.32 Å². The standard InChI is InChI=1S/C20H25NO6S2/c1-20(2,3)27-19(22)21-12-14-8-7-11-16-18(14)17(13-28(16,23)24)29(25,26)15-9-5-4-6-10-15/h4-11,17,23-24H,12-13H2,1-3H3,(H,21,22). The average molecular weight is 440 g/mol. The van der Waals surface area contributed by atoms with Crippen molar-refractivity contribution < 1.29 is 27.1 Å². The fraction of sp³-hybridized carbons (Fsp3) is 0.350. The molecule has 2 aromatic carbocycles. The molecule has 7 nitrogen and oxygen atoms in total. The quantitative estimate of drug-likeness (QED) is 0.653. The van der Waals surface area contributed by atoms with E-state index in [4.69, 9.17) is 4.74 Å². The summed E-state index contributed by atoms with van der Waals surface area (Å²) in [7, 11) is -7.12. The topological polar surface area (TPSA) is 113 Å². The number of rotatable bonds is 4. The van der Waals surface area contributed by atoms with E-state index in [-0.39, 0.29) is 22.1 Å². The number of fused-ring (bicyclic) bond motifs is 1. The van der Waals surface area contributed by atoms with Crippen LogP contribution in [0, 0.1) is 0 Å². The maximum Gasteiger partial charge on any atom is 0.407 e. The first-order chi connectivity index (χ1) is 13.4. The van der Waals surface area contributed by atoms with E-state index in [0.717, 1.165) is 0 Å². The number of amides is 1. The highest BCUT2D eigenvalue weighted by Crippen LogP contribution is 2.62. The van der Waals surface area contributed by atoms with Crippen LogP contribution in [0.5, 0.6) is 0 Å². The smallest absolute Gasteiger partial charge is 0.407 e. The molecule has 1 atom stereocenters. The van der Waals surface area contributed by atoms with Crippen molar-refractivity contribution in [2.24, 2.45) is 0 Å². The molecule has 2 aromatic rings. The molecule has 0 bridgehead atoms. The van der Waals surface area contributed by atoms with E-state index in [2.05, 4.69) is 5.32 Å². The molecule has 1 unspecified atom stereocenters. The van der Waals surface area contributed by atoms with Crippen molar-refractivity contribution in [3.05, 3.63) is 59.7 Å². The molecular weight excluding hydrogens is 414 g/mol. The predicted molar refractivity (Wildman–Crippen MR) is 112 cm³/mol. The summed E-state index contributed by atoms with van der Waals surface area (Å²) in [6.07, 6.45) is -0.637. The van der Waals surface area contributed by atoms with Gasteiger partial charge in [0.15, 0.2) is 9.84 Å². The Morgan fingerprint density at radius 3 is 2.41 bits per heavy atom. The summed E-state index contributed by atoms with van der Waals surface area (Å²) in [6, 6.07) is 12.8. The van der Waals surface area contributed by atoms with E-state index in [0.29, 0.717) is 11.1 Å². The molecule has 0 radical (unpaired) electrons. The molecule has 158 valence electrons. The predicted octanol–water partition coefficient (Wildman–Crippen LogP) is 4.35. The van der Waals surface area contributed by atoms with E-state index in [1.807, 2.05) is 0 Å². The number of alkyl carbamates (subject to hydrolysis) is 1. The normalized spacial score (nSPS) is 19.3. The van der Waals surface area contributed by atoms with Gasteiger partial charge in [-0.25, -0.2) is 13.2 Å². The Morgan fingerprint density at radius 2 is 1.79 bits per heavy atom. The van der Waals surface area contributed by atoms with Crippen molar-refractivity contribution in [3.8, 4) is 0 Å². The zero-order valence-electron chi connectivity index (χ0n) is 16.5. The van der Waals surface area contributed by atoms with E-state index in [1.54, 1.807) is 51.1 Å². The number of benzene rings is 2. The fourth-order valence-electron chi connectivity index (χ4n) is 3.28. The molecule has 0 fully saturated rings. The first-order valence-corrected chi connectivity index (χ1v) is 12.3. The van der Waals surface area contributed by atoms with Gasteiger partial charge in [-0.05, 0) is 44.5 Å². The van der Waals surface area contributed by atoms with Crippen molar-refractivity contribution >= 4 is 26.5 Å².